The van der Waals surface area contributed by atoms with Crippen molar-refractivity contribution in [2.75, 3.05) is 44.2 Å². The molecule has 3 aromatic carbocycles. The van der Waals surface area contributed by atoms with E-state index in [1.807, 2.05) is 9.80 Å². The zero-order valence-corrected chi connectivity index (χ0v) is 19.1. The van der Waals surface area contributed by atoms with E-state index < -0.39 is 0 Å². The second-order valence-electron chi connectivity index (χ2n) is 9.35. The predicted octanol–water partition coefficient (Wildman–Crippen LogP) is 5.88. The second kappa shape index (κ2) is 9.92. The molecule has 5 rings (SSSR count). The Hall–Kier alpha value is -2.92. The zero-order chi connectivity index (χ0) is 22.6. The lowest BCUT2D eigenvalue weighted by atomic mass is 9.96. The maximum Gasteiger partial charge on any atom is 0.324 e. The number of amides is 2. The molecule has 0 spiro atoms. The minimum Gasteiger partial charge on any atom is -0.324 e. The van der Waals surface area contributed by atoms with Crippen molar-refractivity contribution < 1.29 is 9.18 Å². The van der Waals surface area contributed by atoms with E-state index in [-0.39, 0.29) is 11.8 Å². The number of urea groups is 1. The van der Waals surface area contributed by atoms with E-state index in [1.165, 1.54) is 34.9 Å². The quantitative estimate of drug-likeness (QED) is 0.490. The van der Waals surface area contributed by atoms with Crippen molar-refractivity contribution in [3.05, 3.63) is 78.1 Å². The molecule has 2 saturated heterocycles. The number of rotatable bonds is 5. The largest absolute Gasteiger partial charge is 0.324 e. The Kier molecular flexibility index (Phi) is 6.58. The molecule has 33 heavy (non-hydrogen) atoms. The Labute approximate surface area is 195 Å². The van der Waals surface area contributed by atoms with Gasteiger partial charge in [-0.3, -0.25) is 4.90 Å². The molecule has 172 valence electrons. The number of nitrogens with zero attached hydrogens (tertiary/aromatic N) is 3. The average Bonchev–Trinajstić information content (AvgIpc) is 3.34. The molecule has 3 aromatic rings. The third-order valence-electron chi connectivity index (χ3n) is 7.15. The van der Waals surface area contributed by atoms with Crippen LogP contribution in [0.4, 0.5) is 14.9 Å². The Balaban J connectivity index is 1.25. The minimum absolute atomic E-state index is 0.0478. The zero-order valence-electron chi connectivity index (χ0n) is 19.1. The number of fused-ring (bicyclic) bond motifs is 1. The normalized spacial score (nSPS) is 19.2. The summed E-state index contributed by atoms with van der Waals surface area (Å²) < 4.78 is 13.5. The molecule has 0 aromatic heterocycles. The highest BCUT2D eigenvalue weighted by Gasteiger charge is 2.27. The Morgan fingerprint density at radius 3 is 2.45 bits per heavy atom. The summed E-state index contributed by atoms with van der Waals surface area (Å²) in [6.45, 7) is 5.10. The fourth-order valence-electron chi connectivity index (χ4n) is 5.22. The first-order chi connectivity index (χ1) is 16.2. The predicted molar refractivity (Wildman–Crippen MR) is 132 cm³/mol. The van der Waals surface area contributed by atoms with Crippen LogP contribution in [0.3, 0.4) is 0 Å². The van der Waals surface area contributed by atoms with Crippen LogP contribution in [0.1, 0.15) is 37.2 Å². The molecule has 2 amide bonds. The summed E-state index contributed by atoms with van der Waals surface area (Å²) in [6.07, 6.45) is 4.43. The number of halogens is 1. The van der Waals surface area contributed by atoms with Gasteiger partial charge in [0.25, 0.3) is 0 Å². The van der Waals surface area contributed by atoms with E-state index in [0.29, 0.717) is 12.5 Å². The molecule has 1 atom stereocenters. The van der Waals surface area contributed by atoms with Crippen LogP contribution in [0.15, 0.2) is 66.7 Å². The molecule has 0 radical (unpaired) electrons. The van der Waals surface area contributed by atoms with Crippen LogP contribution in [-0.4, -0.2) is 55.1 Å². The van der Waals surface area contributed by atoms with Crippen molar-refractivity contribution in [3.63, 3.8) is 0 Å². The van der Waals surface area contributed by atoms with Crippen LogP contribution < -0.4 is 4.90 Å². The van der Waals surface area contributed by atoms with E-state index in [9.17, 15) is 9.18 Å². The lowest BCUT2D eigenvalue weighted by molar-refractivity contribution is 0.192. The van der Waals surface area contributed by atoms with Crippen LogP contribution in [0.25, 0.3) is 10.8 Å². The van der Waals surface area contributed by atoms with Crippen molar-refractivity contribution in [1.29, 1.82) is 0 Å². The van der Waals surface area contributed by atoms with Crippen molar-refractivity contribution in [1.82, 2.24) is 9.80 Å². The number of benzene rings is 3. The molecule has 0 aliphatic carbocycles. The van der Waals surface area contributed by atoms with Gasteiger partial charge in [0.1, 0.15) is 5.82 Å². The van der Waals surface area contributed by atoms with E-state index in [1.54, 1.807) is 12.1 Å². The lowest BCUT2D eigenvalue weighted by Crippen LogP contribution is -2.48. The highest BCUT2D eigenvalue weighted by atomic mass is 19.1. The van der Waals surface area contributed by atoms with Crippen LogP contribution in [-0.2, 0) is 0 Å². The Bertz CT molecular complexity index is 1090. The molecule has 4 nitrogen and oxygen atoms in total. The molecule has 1 unspecified atom stereocenters. The van der Waals surface area contributed by atoms with Gasteiger partial charge in [0.2, 0.25) is 0 Å². The summed E-state index contributed by atoms with van der Waals surface area (Å²) >= 11 is 0. The second-order valence-corrected chi connectivity index (χ2v) is 9.35. The molecule has 2 aliphatic heterocycles. The van der Waals surface area contributed by atoms with Crippen LogP contribution in [0.2, 0.25) is 0 Å². The van der Waals surface area contributed by atoms with Gasteiger partial charge >= 0.3 is 6.03 Å². The first-order valence-corrected chi connectivity index (χ1v) is 12.2. The topological polar surface area (TPSA) is 26.8 Å². The van der Waals surface area contributed by atoms with Crippen LogP contribution >= 0.6 is 0 Å². The number of likely N-dealkylation sites (tertiary alicyclic amines) is 2. The van der Waals surface area contributed by atoms with Gasteiger partial charge in [0.05, 0.1) is 0 Å². The van der Waals surface area contributed by atoms with Gasteiger partial charge in [0, 0.05) is 38.4 Å². The molecular weight excluding hydrogens is 413 g/mol. The maximum absolute atomic E-state index is 13.5. The van der Waals surface area contributed by atoms with Gasteiger partial charge in [-0.1, -0.05) is 42.5 Å². The first-order valence-electron chi connectivity index (χ1n) is 12.2. The summed E-state index contributed by atoms with van der Waals surface area (Å²) in [7, 11) is 0. The van der Waals surface area contributed by atoms with Gasteiger partial charge in [-0.2, -0.15) is 0 Å². The summed E-state index contributed by atoms with van der Waals surface area (Å²) in [6, 6.07) is 21.7. The average molecular weight is 446 g/mol. The SMILES string of the molecule is O=C(N1CCCCC1)N(CCN1CCC(c2ccc3ccccc3c2)C1)c1ccc(F)cc1. The van der Waals surface area contributed by atoms with Crippen LogP contribution in [0.5, 0.6) is 0 Å². The van der Waals surface area contributed by atoms with Gasteiger partial charge in [-0.25, -0.2) is 9.18 Å². The van der Waals surface area contributed by atoms with E-state index in [0.717, 1.165) is 57.7 Å². The number of anilines is 1. The van der Waals surface area contributed by atoms with E-state index in [4.69, 9.17) is 0 Å². The highest BCUT2D eigenvalue weighted by molar-refractivity contribution is 5.92. The van der Waals surface area contributed by atoms with Gasteiger partial charge in [-0.15, -0.1) is 0 Å². The molecule has 0 bridgehead atoms. The van der Waals surface area contributed by atoms with Crippen molar-refractivity contribution in [2.45, 2.75) is 31.6 Å². The van der Waals surface area contributed by atoms with Gasteiger partial charge in [-0.05, 0) is 78.7 Å². The summed E-state index contributed by atoms with van der Waals surface area (Å²) in [4.78, 5) is 19.6. The molecule has 2 fully saturated rings. The maximum atomic E-state index is 13.5. The number of hydrogen-bond donors (Lipinski definition) is 0. The lowest BCUT2D eigenvalue weighted by Gasteiger charge is -2.34. The monoisotopic (exact) mass is 445 g/mol. The summed E-state index contributed by atoms with van der Waals surface area (Å²) in [5.41, 5.74) is 2.17. The van der Waals surface area contributed by atoms with Crippen molar-refractivity contribution in [2.24, 2.45) is 0 Å². The van der Waals surface area contributed by atoms with Crippen molar-refractivity contribution in [3.8, 4) is 0 Å². The highest BCUT2D eigenvalue weighted by Crippen LogP contribution is 2.30. The fourth-order valence-corrected chi connectivity index (χ4v) is 5.22. The third-order valence-corrected chi connectivity index (χ3v) is 7.15. The Morgan fingerprint density at radius 2 is 1.67 bits per heavy atom. The summed E-state index contributed by atoms with van der Waals surface area (Å²) in [5.74, 6) is 0.244. The minimum atomic E-state index is -0.276. The molecule has 2 heterocycles. The first kappa shape index (κ1) is 21.9. The number of piperidine rings is 1. The van der Waals surface area contributed by atoms with Crippen LogP contribution in [0, 0.1) is 5.82 Å². The number of carbonyl (C=O) groups is 1. The molecule has 0 saturated carbocycles. The third kappa shape index (κ3) is 5.03. The number of hydrogen-bond acceptors (Lipinski definition) is 2. The molecule has 2 aliphatic rings. The Morgan fingerprint density at radius 1 is 0.909 bits per heavy atom. The van der Waals surface area contributed by atoms with Gasteiger partial charge < -0.3 is 9.80 Å². The van der Waals surface area contributed by atoms with E-state index in [2.05, 4.69) is 47.4 Å². The van der Waals surface area contributed by atoms with E-state index >= 15 is 0 Å². The van der Waals surface area contributed by atoms with Crippen molar-refractivity contribution >= 4 is 22.5 Å². The smallest absolute Gasteiger partial charge is 0.324 e. The fraction of sp³-hybridized carbons (Fsp3) is 0.393. The standard InChI is InChI=1S/C28H32FN3O/c29-26-10-12-27(13-11-26)32(28(33)31-15-4-1-5-16-31)19-18-30-17-14-25(21-30)24-9-8-22-6-2-3-7-23(22)20-24/h2-3,6-13,20,25H,1,4-5,14-19,21H2. The molecular formula is C28H32FN3O. The summed E-state index contributed by atoms with van der Waals surface area (Å²) in [5, 5.41) is 2.57. The molecule has 0 N–H and O–H groups in total. The van der Waals surface area contributed by atoms with Gasteiger partial charge in [0.15, 0.2) is 0 Å². The number of carbonyl (C=O) groups excluding carboxylic acids is 1. The molecule has 5 heteroatoms.